The first kappa shape index (κ1) is 13.0. The van der Waals surface area contributed by atoms with E-state index in [4.69, 9.17) is 0 Å². The fourth-order valence-electron chi connectivity index (χ4n) is 3.95. The molecule has 95 valence electrons. The van der Waals surface area contributed by atoms with Crippen molar-refractivity contribution < 1.29 is 0 Å². The smallest absolute Gasteiger partial charge is 0.104 e. The largest absolute Gasteiger partial charge is 0.144 e. The topological polar surface area (TPSA) is 0 Å². The highest BCUT2D eigenvalue weighted by atomic mass is 28.1. The molecule has 1 aliphatic heterocycles. The van der Waals surface area contributed by atoms with Crippen LogP contribution >= 0.6 is 0 Å². The van der Waals surface area contributed by atoms with Gasteiger partial charge < -0.3 is 0 Å². The first-order chi connectivity index (χ1) is 9.28. The van der Waals surface area contributed by atoms with Gasteiger partial charge in [-0.2, -0.15) is 0 Å². The molecule has 1 aliphatic carbocycles. The van der Waals surface area contributed by atoms with Crippen LogP contribution in [0.3, 0.4) is 0 Å². The molecule has 0 spiro atoms. The maximum atomic E-state index is 3.97. The number of hydrogen-bond acceptors (Lipinski definition) is 0. The van der Waals surface area contributed by atoms with E-state index in [0.717, 1.165) is 18.5 Å². The Morgan fingerprint density at radius 2 is 2.05 bits per heavy atom. The van der Waals surface area contributed by atoms with Gasteiger partial charge in [0.15, 0.2) is 0 Å². The van der Waals surface area contributed by atoms with Crippen molar-refractivity contribution in [2.45, 2.75) is 31.8 Å². The second kappa shape index (κ2) is 5.54. The van der Waals surface area contributed by atoms with E-state index in [-0.39, 0.29) is 0 Å². The van der Waals surface area contributed by atoms with Crippen molar-refractivity contribution in [3.8, 4) is 0 Å². The van der Waals surface area contributed by atoms with E-state index >= 15 is 0 Å². The molecule has 1 heterocycles. The number of hydrogen-bond donors (Lipinski definition) is 0. The standard InChI is InChI=1S/C17H20BSi/c1-2-8-18-11-13-9-15(12-18)17(19)16(10-13)14-6-4-3-5-7-14/h2-7,13,15H,1,8-12H2. The monoisotopic (exact) mass is 263 g/mol. The summed E-state index contributed by atoms with van der Waals surface area (Å²) in [7, 11) is 3.97. The van der Waals surface area contributed by atoms with Crippen LogP contribution in [0.4, 0.5) is 0 Å². The molecule has 0 saturated carbocycles. The lowest BCUT2D eigenvalue weighted by molar-refractivity contribution is 0.422. The van der Waals surface area contributed by atoms with E-state index < -0.39 is 0 Å². The van der Waals surface area contributed by atoms with Gasteiger partial charge in [0.25, 0.3) is 0 Å². The summed E-state index contributed by atoms with van der Waals surface area (Å²) in [6.07, 6.45) is 8.62. The molecule has 0 amide bonds. The average molecular weight is 263 g/mol. The zero-order valence-electron chi connectivity index (χ0n) is 11.4. The molecule has 2 aliphatic rings. The van der Waals surface area contributed by atoms with Gasteiger partial charge in [-0.1, -0.05) is 60.6 Å². The molecule has 3 rings (SSSR count). The van der Waals surface area contributed by atoms with Crippen molar-refractivity contribution in [1.82, 2.24) is 0 Å². The SMILES string of the molecule is C=CCB1CC2CC(c3ccccc3)=C([Si])C(C1)C2. The highest BCUT2D eigenvalue weighted by molar-refractivity contribution is 6.60. The molecule has 19 heavy (non-hydrogen) atoms. The van der Waals surface area contributed by atoms with Crippen molar-refractivity contribution in [3.63, 3.8) is 0 Å². The molecular weight excluding hydrogens is 243 g/mol. The summed E-state index contributed by atoms with van der Waals surface area (Å²) in [5.74, 6) is 1.61. The van der Waals surface area contributed by atoms with Gasteiger partial charge in [-0.3, -0.25) is 0 Å². The van der Waals surface area contributed by atoms with Crippen molar-refractivity contribution >= 4 is 22.5 Å². The minimum atomic E-state index is 0.740. The molecule has 3 radical (unpaired) electrons. The molecule has 1 fully saturated rings. The van der Waals surface area contributed by atoms with Gasteiger partial charge in [-0.05, 0) is 35.8 Å². The third-order valence-corrected chi connectivity index (χ3v) is 5.46. The number of fused-ring (bicyclic) bond motifs is 2. The molecule has 2 heteroatoms. The number of benzene rings is 1. The molecule has 0 nitrogen and oxygen atoms in total. The molecule has 2 bridgehead atoms. The highest BCUT2D eigenvalue weighted by Crippen LogP contribution is 2.46. The lowest BCUT2D eigenvalue weighted by Gasteiger charge is -2.40. The van der Waals surface area contributed by atoms with Crippen molar-refractivity contribution in [1.29, 1.82) is 0 Å². The lowest BCUT2D eigenvalue weighted by Crippen LogP contribution is -2.32. The minimum absolute atomic E-state index is 0.740. The van der Waals surface area contributed by atoms with Gasteiger partial charge in [0.2, 0.25) is 0 Å². The average Bonchev–Trinajstić information content (AvgIpc) is 2.44. The second-order valence-corrected chi connectivity index (χ2v) is 6.66. The van der Waals surface area contributed by atoms with Crippen molar-refractivity contribution in [2.75, 3.05) is 0 Å². The Bertz CT molecular complexity index is 491. The van der Waals surface area contributed by atoms with Crippen LogP contribution in [0.1, 0.15) is 18.4 Å². The van der Waals surface area contributed by atoms with Gasteiger partial charge in [-0.25, -0.2) is 0 Å². The summed E-state index contributed by atoms with van der Waals surface area (Å²) in [5.41, 5.74) is 2.96. The van der Waals surface area contributed by atoms with Gasteiger partial charge >= 0.3 is 0 Å². The van der Waals surface area contributed by atoms with E-state index in [2.05, 4.69) is 53.2 Å². The minimum Gasteiger partial charge on any atom is -0.104 e. The molecule has 0 aromatic heterocycles. The summed E-state index contributed by atoms with van der Waals surface area (Å²) >= 11 is 0. The summed E-state index contributed by atoms with van der Waals surface area (Å²) in [6.45, 7) is 4.76. The molecule has 0 N–H and O–H groups in total. The molecule has 2 atom stereocenters. The first-order valence-corrected chi connectivity index (χ1v) is 7.89. The Labute approximate surface area is 120 Å². The molecule has 1 aromatic rings. The zero-order valence-corrected chi connectivity index (χ0v) is 12.4. The van der Waals surface area contributed by atoms with E-state index in [9.17, 15) is 0 Å². The normalized spacial score (nSPS) is 26.5. The van der Waals surface area contributed by atoms with E-state index in [0.29, 0.717) is 0 Å². The molecular formula is C17H20BSi. The van der Waals surface area contributed by atoms with Crippen LogP contribution in [0.25, 0.3) is 5.57 Å². The molecule has 1 saturated heterocycles. The number of allylic oxidation sites excluding steroid dienone is 3. The summed E-state index contributed by atoms with van der Waals surface area (Å²) < 4.78 is 0. The van der Waals surface area contributed by atoms with Gasteiger partial charge in [0.05, 0.1) is 10.2 Å². The van der Waals surface area contributed by atoms with E-state index in [1.807, 2.05) is 0 Å². The molecule has 2 unspecified atom stereocenters. The lowest BCUT2D eigenvalue weighted by atomic mass is 9.35. The summed E-state index contributed by atoms with van der Waals surface area (Å²) in [6, 6.07) is 10.9. The Morgan fingerprint density at radius 1 is 1.26 bits per heavy atom. The Morgan fingerprint density at radius 3 is 2.79 bits per heavy atom. The highest BCUT2D eigenvalue weighted by Gasteiger charge is 2.35. The summed E-state index contributed by atoms with van der Waals surface area (Å²) in [5, 5.41) is 1.47. The Kier molecular flexibility index (Phi) is 3.79. The summed E-state index contributed by atoms with van der Waals surface area (Å²) in [4.78, 5) is 0. The number of rotatable bonds is 3. The van der Waals surface area contributed by atoms with Crippen LogP contribution < -0.4 is 0 Å². The fraction of sp³-hybridized carbons (Fsp3) is 0.412. The van der Waals surface area contributed by atoms with Crippen molar-refractivity contribution in [3.05, 3.63) is 53.7 Å². The third kappa shape index (κ3) is 2.64. The van der Waals surface area contributed by atoms with Gasteiger partial charge in [-0.15, -0.1) is 6.58 Å². The molecule has 1 aromatic carbocycles. The Balaban J connectivity index is 1.88. The van der Waals surface area contributed by atoms with Crippen LogP contribution in [-0.4, -0.2) is 17.0 Å². The van der Waals surface area contributed by atoms with E-state index in [1.165, 1.54) is 42.6 Å². The van der Waals surface area contributed by atoms with Crippen LogP contribution in [0.15, 0.2) is 48.2 Å². The maximum Gasteiger partial charge on any atom is 0.144 e. The first-order valence-electron chi connectivity index (χ1n) is 7.39. The third-order valence-electron chi connectivity index (χ3n) is 4.75. The van der Waals surface area contributed by atoms with Crippen LogP contribution in [-0.2, 0) is 0 Å². The second-order valence-electron chi connectivity index (χ2n) is 6.12. The van der Waals surface area contributed by atoms with Gasteiger partial charge in [0.1, 0.15) is 6.71 Å². The van der Waals surface area contributed by atoms with Crippen LogP contribution in [0.2, 0.25) is 19.0 Å². The predicted octanol–water partition coefficient (Wildman–Crippen LogP) is 4.29. The fourth-order valence-corrected chi connectivity index (χ4v) is 4.44. The zero-order chi connectivity index (χ0) is 13.2. The van der Waals surface area contributed by atoms with Gasteiger partial charge in [0, 0.05) is 0 Å². The predicted molar refractivity (Wildman–Crippen MR) is 85.7 cm³/mol. The van der Waals surface area contributed by atoms with Crippen LogP contribution in [0.5, 0.6) is 0 Å². The Hall–Kier alpha value is -1.02. The van der Waals surface area contributed by atoms with Crippen LogP contribution in [0, 0.1) is 11.8 Å². The quantitative estimate of drug-likeness (QED) is 0.564. The van der Waals surface area contributed by atoms with E-state index in [1.54, 1.807) is 5.57 Å². The van der Waals surface area contributed by atoms with Crippen molar-refractivity contribution in [2.24, 2.45) is 11.8 Å². The maximum absolute atomic E-state index is 3.97.